The van der Waals surface area contributed by atoms with E-state index in [1.165, 1.54) is 17.5 Å². The molecule has 0 unspecified atom stereocenters. The fourth-order valence-electron chi connectivity index (χ4n) is 4.68. The van der Waals surface area contributed by atoms with E-state index in [0.29, 0.717) is 0 Å². The molecular formula is C21H20IrN3-. The molecular weight excluding hydrogens is 486 g/mol. The Bertz CT molecular complexity index is 1140. The minimum atomic E-state index is 0. The third-order valence-electron chi connectivity index (χ3n) is 5.54. The van der Waals surface area contributed by atoms with Crippen molar-refractivity contribution in [1.82, 2.24) is 14.4 Å². The van der Waals surface area contributed by atoms with Gasteiger partial charge in [0.1, 0.15) is 0 Å². The van der Waals surface area contributed by atoms with Crippen LogP contribution < -0.4 is 0 Å². The fraction of sp³-hybridized carbons (Fsp3) is 0.333. The average molecular weight is 507 g/mol. The van der Waals surface area contributed by atoms with E-state index >= 15 is 0 Å². The fourth-order valence-corrected chi connectivity index (χ4v) is 4.68. The molecule has 4 aromatic rings. The van der Waals surface area contributed by atoms with Crippen molar-refractivity contribution in [3.8, 4) is 0 Å². The molecule has 2 aromatic carbocycles. The van der Waals surface area contributed by atoms with Gasteiger partial charge in [0.15, 0.2) is 0 Å². The minimum absolute atomic E-state index is 0. The first-order chi connectivity index (χ1) is 11.4. The number of benzene rings is 2. The second kappa shape index (κ2) is 5.12. The molecule has 0 N–H and O–H groups in total. The molecule has 5 rings (SSSR count). The predicted molar refractivity (Wildman–Crippen MR) is 97.5 cm³/mol. The maximum absolute atomic E-state index is 4.93. The van der Waals surface area contributed by atoms with E-state index in [0.717, 1.165) is 27.6 Å². The van der Waals surface area contributed by atoms with Crippen molar-refractivity contribution in [2.75, 3.05) is 0 Å². The van der Waals surface area contributed by atoms with Gasteiger partial charge in [0.25, 0.3) is 0 Å². The Morgan fingerprint density at radius 3 is 2.52 bits per heavy atom. The SMILES string of the molecule is CC1(C)CC(C)(C)c2cc3c(cc21)nc1c2[c-]cccc2ncn31.[Ir]. The van der Waals surface area contributed by atoms with Crippen LogP contribution in [0.15, 0.2) is 36.7 Å². The van der Waals surface area contributed by atoms with Crippen LogP contribution in [0.25, 0.3) is 27.6 Å². The van der Waals surface area contributed by atoms with Crippen LogP contribution in [0, 0.1) is 6.07 Å². The van der Waals surface area contributed by atoms with Gasteiger partial charge >= 0.3 is 0 Å². The molecule has 1 radical (unpaired) electrons. The van der Waals surface area contributed by atoms with Crippen LogP contribution in [0.3, 0.4) is 0 Å². The first kappa shape index (κ1) is 16.7. The minimum Gasteiger partial charge on any atom is -0.324 e. The van der Waals surface area contributed by atoms with Crippen LogP contribution in [0.5, 0.6) is 0 Å². The Morgan fingerprint density at radius 1 is 1.04 bits per heavy atom. The first-order valence-electron chi connectivity index (χ1n) is 8.49. The van der Waals surface area contributed by atoms with Gasteiger partial charge in [0.05, 0.1) is 23.0 Å². The summed E-state index contributed by atoms with van der Waals surface area (Å²) in [5, 5.41) is 0.981. The predicted octanol–water partition coefficient (Wildman–Crippen LogP) is 4.79. The van der Waals surface area contributed by atoms with Crippen molar-refractivity contribution in [1.29, 1.82) is 0 Å². The Hall–Kier alpha value is -1.77. The smallest absolute Gasteiger partial charge is 0.0821 e. The molecule has 4 heteroatoms. The zero-order valence-electron chi connectivity index (χ0n) is 14.8. The Kier molecular flexibility index (Phi) is 3.42. The molecule has 0 aliphatic heterocycles. The summed E-state index contributed by atoms with van der Waals surface area (Å²) in [5.74, 6) is 0. The second-order valence-corrected chi connectivity index (χ2v) is 8.31. The molecule has 0 saturated heterocycles. The third kappa shape index (κ3) is 2.21. The van der Waals surface area contributed by atoms with Gasteiger partial charge in [0, 0.05) is 20.1 Å². The quantitative estimate of drug-likeness (QED) is 0.321. The number of aromatic nitrogens is 3. The van der Waals surface area contributed by atoms with Gasteiger partial charge in [-0.25, -0.2) is 0 Å². The number of nitrogens with zero attached hydrogens (tertiary/aromatic N) is 3. The van der Waals surface area contributed by atoms with Gasteiger partial charge in [0.2, 0.25) is 0 Å². The molecule has 129 valence electrons. The molecule has 0 bridgehead atoms. The zero-order valence-corrected chi connectivity index (χ0v) is 17.2. The van der Waals surface area contributed by atoms with Crippen LogP contribution >= 0.6 is 0 Å². The zero-order chi connectivity index (χ0) is 16.7. The van der Waals surface area contributed by atoms with Crippen molar-refractivity contribution in [3.63, 3.8) is 0 Å². The van der Waals surface area contributed by atoms with Crippen molar-refractivity contribution in [2.24, 2.45) is 0 Å². The number of hydrogen-bond acceptors (Lipinski definition) is 2. The van der Waals surface area contributed by atoms with Gasteiger partial charge in [-0.15, -0.1) is 24.3 Å². The molecule has 0 atom stereocenters. The Labute approximate surface area is 160 Å². The maximum atomic E-state index is 4.93. The second-order valence-electron chi connectivity index (χ2n) is 8.31. The van der Waals surface area contributed by atoms with Gasteiger partial charge < -0.3 is 4.40 Å². The monoisotopic (exact) mass is 507 g/mol. The molecule has 1 aliphatic carbocycles. The molecule has 2 aromatic heterocycles. The summed E-state index contributed by atoms with van der Waals surface area (Å²) in [6.45, 7) is 9.37. The molecule has 0 saturated carbocycles. The van der Waals surface area contributed by atoms with Crippen LogP contribution in [0.1, 0.15) is 45.2 Å². The molecule has 3 nitrogen and oxygen atoms in total. The van der Waals surface area contributed by atoms with E-state index in [4.69, 9.17) is 4.98 Å². The van der Waals surface area contributed by atoms with E-state index in [1.54, 1.807) is 0 Å². The van der Waals surface area contributed by atoms with E-state index in [9.17, 15) is 0 Å². The van der Waals surface area contributed by atoms with E-state index in [-0.39, 0.29) is 30.9 Å². The summed E-state index contributed by atoms with van der Waals surface area (Å²) in [7, 11) is 0. The summed E-state index contributed by atoms with van der Waals surface area (Å²) in [6, 6.07) is 13.8. The summed E-state index contributed by atoms with van der Waals surface area (Å²) < 4.78 is 2.11. The normalized spacial score (nSPS) is 17.8. The van der Waals surface area contributed by atoms with E-state index in [2.05, 4.69) is 55.3 Å². The summed E-state index contributed by atoms with van der Waals surface area (Å²) >= 11 is 0. The average Bonchev–Trinajstić information content (AvgIpc) is 2.98. The van der Waals surface area contributed by atoms with Crippen LogP contribution in [-0.4, -0.2) is 14.4 Å². The van der Waals surface area contributed by atoms with Gasteiger partial charge in [-0.3, -0.25) is 9.97 Å². The molecule has 25 heavy (non-hydrogen) atoms. The van der Waals surface area contributed by atoms with Gasteiger partial charge in [-0.2, -0.15) is 0 Å². The van der Waals surface area contributed by atoms with Gasteiger partial charge in [-0.1, -0.05) is 33.1 Å². The summed E-state index contributed by atoms with van der Waals surface area (Å²) in [4.78, 5) is 9.51. The van der Waals surface area contributed by atoms with E-state index < -0.39 is 0 Å². The largest absolute Gasteiger partial charge is 0.324 e. The van der Waals surface area contributed by atoms with Crippen LogP contribution in [0.2, 0.25) is 0 Å². The standard InChI is InChI=1S/C21H20N3.Ir/c1-20(2)11-21(3,4)15-10-18-17(9-14(15)20)23-19-13-7-5-6-8-16(13)22-12-24(18)19;/h5-6,8-10,12H,11H2,1-4H3;/q-1;. The van der Waals surface area contributed by atoms with Crippen LogP contribution in [0.4, 0.5) is 0 Å². The maximum Gasteiger partial charge on any atom is 0.0821 e. The molecule has 1 aliphatic rings. The molecule has 0 spiro atoms. The van der Waals surface area contributed by atoms with Crippen molar-refractivity contribution < 1.29 is 20.1 Å². The van der Waals surface area contributed by atoms with E-state index in [1.807, 2.05) is 24.5 Å². The number of rotatable bonds is 0. The molecule has 0 amide bonds. The topological polar surface area (TPSA) is 30.2 Å². The Balaban J connectivity index is 0.00000157. The Morgan fingerprint density at radius 2 is 1.76 bits per heavy atom. The summed E-state index contributed by atoms with van der Waals surface area (Å²) in [5.41, 5.74) is 7.32. The van der Waals surface area contributed by atoms with Crippen molar-refractivity contribution in [2.45, 2.75) is 44.9 Å². The summed E-state index contributed by atoms with van der Waals surface area (Å²) in [6.07, 6.45) is 3.06. The first-order valence-corrected chi connectivity index (χ1v) is 8.49. The van der Waals surface area contributed by atoms with Crippen molar-refractivity contribution >= 4 is 27.6 Å². The third-order valence-corrected chi connectivity index (χ3v) is 5.54. The number of imidazole rings is 1. The number of fused-ring (bicyclic) bond motifs is 6. The van der Waals surface area contributed by atoms with Gasteiger partial charge in [-0.05, 0) is 46.0 Å². The molecule has 2 heterocycles. The number of hydrogen-bond donors (Lipinski definition) is 0. The molecule has 0 fully saturated rings. The van der Waals surface area contributed by atoms with Crippen LogP contribution in [-0.2, 0) is 30.9 Å². The van der Waals surface area contributed by atoms with Crippen molar-refractivity contribution in [3.05, 3.63) is 53.9 Å².